The Balaban J connectivity index is 1.75. The Morgan fingerprint density at radius 1 is 1.21 bits per heavy atom. The Hall–Kier alpha value is -3.37. The number of aromatic nitrogens is 2. The summed E-state index contributed by atoms with van der Waals surface area (Å²) in [7, 11) is 1.59. The molecule has 0 spiro atoms. The summed E-state index contributed by atoms with van der Waals surface area (Å²) >= 11 is 2.19. The summed E-state index contributed by atoms with van der Waals surface area (Å²) in [4.78, 5) is 34.4. The van der Waals surface area contributed by atoms with Crippen LogP contribution in [0.2, 0.25) is 0 Å². The second-order valence-corrected chi connectivity index (χ2v) is 8.01. The lowest BCUT2D eigenvalue weighted by Crippen LogP contribution is -2.30. The Bertz CT molecular complexity index is 1190. The molecule has 0 saturated heterocycles. The number of hydrogen-bond acceptors (Lipinski definition) is 8. The van der Waals surface area contributed by atoms with E-state index >= 15 is 0 Å². The van der Waals surface area contributed by atoms with Crippen molar-refractivity contribution in [1.29, 1.82) is 0 Å². The molecular weight excluding hydrogens is 412 g/mol. The molecule has 0 atom stereocenters. The lowest BCUT2D eigenvalue weighted by molar-refractivity contribution is -0.380. The van der Waals surface area contributed by atoms with Crippen LogP contribution in [0.1, 0.15) is 15.4 Å². The van der Waals surface area contributed by atoms with Gasteiger partial charge in [-0.3, -0.25) is 24.8 Å². The molecule has 146 valence electrons. The molecule has 3 heterocycles. The molecule has 0 radical (unpaired) electrons. The van der Waals surface area contributed by atoms with Gasteiger partial charge in [0.25, 0.3) is 5.91 Å². The highest BCUT2D eigenvalue weighted by atomic mass is 32.1. The van der Waals surface area contributed by atoms with Crippen LogP contribution in [0.4, 0.5) is 10.1 Å². The number of nitro groups is 1. The zero-order chi connectivity index (χ0) is 20.4. The van der Waals surface area contributed by atoms with Crippen molar-refractivity contribution in [3.8, 4) is 5.75 Å². The molecule has 4 aromatic rings. The van der Waals surface area contributed by atoms with Crippen molar-refractivity contribution < 1.29 is 14.5 Å². The zero-order valence-corrected chi connectivity index (χ0v) is 16.8. The van der Waals surface area contributed by atoms with E-state index < -0.39 is 4.92 Å². The SMILES string of the molecule is COc1ccc2nc(N(Cc3ccccn3)C(=O)c3ccc([N+](=O)[O-])s3)sc2c1. The van der Waals surface area contributed by atoms with Crippen LogP contribution in [0.25, 0.3) is 10.2 Å². The Morgan fingerprint density at radius 3 is 2.76 bits per heavy atom. The van der Waals surface area contributed by atoms with E-state index in [4.69, 9.17) is 4.74 Å². The number of pyridine rings is 1. The molecule has 0 aliphatic rings. The van der Waals surface area contributed by atoms with E-state index in [1.807, 2.05) is 24.3 Å². The van der Waals surface area contributed by atoms with Gasteiger partial charge in [0.2, 0.25) is 0 Å². The fourth-order valence-corrected chi connectivity index (χ4v) is 4.45. The summed E-state index contributed by atoms with van der Waals surface area (Å²) in [5.74, 6) is 0.337. The normalized spacial score (nSPS) is 10.8. The maximum atomic E-state index is 13.2. The number of fused-ring (bicyclic) bond motifs is 1. The predicted molar refractivity (Wildman–Crippen MR) is 112 cm³/mol. The van der Waals surface area contributed by atoms with E-state index in [1.54, 1.807) is 25.4 Å². The van der Waals surface area contributed by atoms with E-state index in [2.05, 4.69) is 9.97 Å². The monoisotopic (exact) mass is 426 g/mol. The first kappa shape index (κ1) is 19.0. The van der Waals surface area contributed by atoms with Crippen molar-refractivity contribution >= 4 is 48.9 Å². The molecule has 29 heavy (non-hydrogen) atoms. The smallest absolute Gasteiger partial charge is 0.324 e. The molecular formula is C19H14N4O4S2. The maximum absolute atomic E-state index is 13.2. The van der Waals surface area contributed by atoms with Gasteiger partial charge in [-0.15, -0.1) is 0 Å². The predicted octanol–water partition coefficient (Wildman–Crippen LogP) is 4.52. The minimum Gasteiger partial charge on any atom is -0.497 e. The van der Waals surface area contributed by atoms with Crippen LogP contribution in [0.5, 0.6) is 5.75 Å². The number of methoxy groups -OCH3 is 1. The average Bonchev–Trinajstić information content (AvgIpc) is 3.39. The number of ether oxygens (including phenoxy) is 1. The summed E-state index contributed by atoms with van der Waals surface area (Å²) in [5.41, 5.74) is 1.42. The number of rotatable bonds is 6. The summed E-state index contributed by atoms with van der Waals surface area (Å²) in [6.07, 6.45) is 1.65. The number of thiazole rings is 1. The molecule has 1 amide bonds. The lowest BCUT2D eigenvalue weighted by atomic mass is 10.3. The number of hydrogen-bond donors (Lipinski definition) is 0. The number of amides is 1. The molecule has 0 fully saturated rings. The second-order valence-electron chi connectivity index (χ2n) is 5.94. The van der Waals surface area contributed by atoms with Crippen LogP contribution in [0, 0.1) is 10.1 Å². The average molecular weight is 426 g/mol. The molecule has 0 saturated carbocycles. The Morgan fingerprint density at radius 2 is 2.07 bits per heavy atom. The highest BCUT2D eigenvalue weighted by Gasteiger charge is 2.25. The van der Waals surface area contributed by atoms with Crippen LogP contribution in [-0.4, -0.2) is 27.9 Å². The minimum atomic E-state index is -0.505. The van der Waals surface area contributed by atoms with Gasteiger partial charge in [-0.05, 0) is 36.4 Å². The summed E-state index contributed by atoms with van der Waals surface area (Å²) < 4.78 is 6.13. The van der Waals surface area contributed by atoms with E-state index in [0.29, 0.717) is 16.6 Å². The molecule has 3 aromatic heterocycles. The van der Waals surface area contributed by atoms with Crippen LogP contribution in [-0.2, 0) is 6.54 Å². The number of nitrogens with zero attached hydrogens (tertiary/aromatic N) is 4. The quantitative estimate of drug-likeness (QED) is 0.332. The number of anilines is 1. The molecule has 0 bridgehead atoms. The first-order valence-electron chi connectivity index (χ1n) is 8.46. The van der Waals surface area contributed by atoms with E-state index in [9.17, 15) is 14.9 Å². The Kier molecular flexibility index (Phi) is 5.19. The van der Waals surface area contributed by atoms with Gasteiger partial charge in [0, 0.05) is 12.3 Å². The van der Waals surface area contributed by atoms with Gasteiger partial charge in [0.15, 0.2) is 5.13 Å². The van der Waals surface area contributed by atoms with Crippen molar-refractivity contribution in [2.45, 2.75) is 6.54 Å². The first-order valence-corrected chi connectivity index (χ1v) is 10.1. The third-order valence-corrected chi connectivity index (χ3v) is 6.16. The van der Waals surface area contributed by atoms with E-state index in [0.717, 1.165) is 21.6 Å². The van der Waals surface area contributed by atoms with Gasteiger partial charge in [-0.25, -0.2) is 4.98 Å². The fourth-order valence-electron chi connectivity index (χ4n) is 2.69. The van der Waals surface area contributed by atoms with Crippen molar-refractivity contribution in [3.05, 3.63) is 75.4 Å². The number of benzene rings is 1. The lowest BCUT2D eigenvalue weighted by Gasteiger charge is -2.18. The van der Waals surface area contributed by atoms with Gasteiger partial charge < -0.3 is 4.74 Å². The maximum Gasteiger partial charge on any atom is 0.324 e. The molecule has 8 nitrogen and oxygen atoms in total. The summed E-state index contributed by atoms with van der Waals surface area (Å²) in [6, 6.07) is 13.7. The van der Waals surface area contributed by atoms with E-state index in [-0.39, 0.29) is 22.3 Å². The summed E-state index contributed by atoms with van der Waals surface area (Å²) in [6.45, 7) is 0.197. The molecule has 1 aromatic carbocycles. The number of carbonyl (C=O) groups excluding carboxylic acids is 1. The van der Waals surface area contributed by atoms with Gasteiger partial charge >= 0.3 is 5.00 Å². The highest BCUT2D eigenvalue weighted by molar-refractivity contribution is 7.22. The molecule has 0 aliphatic heterocycles. The topological polar surface area (TPSA) is 98.5 Å². The van der Waals surface area contributed by atoms with Gasteiger partial charge in [-0.1, -0.05) is 28.7 Å². The Labute approximate surface area is 173 Å². The minimum absolute atomic E-state index is 0.0832. The van der Waals surface area contributed by atoms with Crippen LogP contribution < -0.4 is 9.64 Å². The van der Waals surface area contributed by atoms with Crippen molar-refractivity contribution in [2.24, 2.45) is 0 Å². The molecule has 0 unspecified atom stereocenters. The first-order chi connectivity index (χ1) is 14.0. The highest BCUT2D eigenvalue weighted by Crippen LogP contribution is 2.34. The van der Waals surface area contributed by atoms with Gasteiger partial charge in [-0.2, -0.15) is 0 Å². The third-order valence-electron chi connectivity index (χ3n) is 4.09. The van der Waals surface area contributed by atoms with Crippen LogP contribution in [0.3, 0.4) is 0 Å². The van der Waals surface area contributed by atoms with E-state index in [1.165, 1.54) is 28.4 Å². The van der Waals surface area contributed by atoms with Crippen LogP contribution >= 0.6 is 22.7 Å². The number of carbonyl (C=O) groups is 1. The molecule has 4 rings (SSSR count). The summed E-state index contributed by atoms with van der Waals surface area (Å²) in [5, 5.41) is 11.4. The standard InChI is InChI=1S/C19H14N4O4S2/c1-27-13-5-6-14-16(10-13)29-19(21-14)22(11-12-4-2-3-9-20-12)18(24)15-7-8-17(28-15)23(25)26/h2-10H,11H2,1H3. The largest absolute Gasteiger partial charge is 0.497 e. The second kappa shape index (κ2) is 7.94. The van der Waals surface area contributed by atoms with Gasteiger partial charge in [0.1, 0.15) is 5.75 Å². The number of thiophene rings is 1. The molecule has 0 aliphatic carbocycles. The molecule has 10 heteroatoms. The van der Waals surface area contributed by atoms with Crippen molar-refractivity contribution in [2.75, 3.05) is 12.0 Å². The zero-order valence-electron chi connectivity index (χ0n) is 15.1. The third kappa shape index (κ3) is 3.93. The van der Waals surface area contributed by atoms with Crippen molar-refractivity contribution in [3.63, 3.8) is 0 Å². The van der Waals surface area contributed by atoms with Crippen molar-refractivity contribution in [1.82, 2.24) is 9.97 Å². The van der Waals surface area contributed by atoms with Crippen LogP contribution in [0.15, 0.2) is 54.7 Å². The van der Waals surface area contributed by atoms with Gasteiger partial charge in [0.05, 0.1) is 39.4 Å². The fraction of sp³-hybridized carbons (Fsp3) is 0.105. The molecule has 0 N–H and O–H groups in total.